The molecule has 0 saturated carbocycles. The van der Waals surface area contributed by atoms with E-state index < -0.39 is 21.3 Å². The van der Waals surface area contributed by atoms with Gasteiger partial charge in [0.2, 0.25) is 21.8 Å². The Hall–Kier alpha value is -3.04. The number of carbonyl (C=O) groups excluding carboxylic acids is 3. The topological polar surface area (TPSA) is 113 Å². The van der Waals surface area contributed by atoms with E-state index in [1.807, 2.05) is 6.92 Å². The van der Waals surface area contributed by atoms with E-state index >= 15 is 0 Å². The number of nitrogens with zero attached hydrogens (tertiary/aromatic N) is 1. The van der Waals surface area contributed by atoms with Crippen molar-refractivity contribution < 1.29 is 22.8 Å². The Balaban J connectivity index is 1.80. The second-order valence-corrected chi connectivity index (χ2v) is 9.81. The SMILES string of the molecule is CC[C@]1(c2ccc(NC(=O)c3cccc(S(=O)(=O)N(C)C)c3)cc2)CCC(=O)NC1=O. The first-order valence-electron chi connectivity index (χ1n) is 9.89. The van der Waals surface area contributed by atoms with Crippen molar-refractivity contribution in [2.45, 2.75) is 36.5 Å². The molecule has 2 aromatic carbocycles. The van der Waals surface area contributed by atoms with Gasteiger partial charge in [-0.1, -0.05) is 25.1 Å². The fourth-order valence-corrected chi connectivity index (χ4v) is 4.60. The highest BCUT2D eigenvalue weighted by atomic mass is 32.2. The van der Waals surface area contributed by atoms with Crippen molar-refractivity contribution in [2.75, 3.05) is 19.4 Å². The van der Waals surface area contributed by atoms with Gasteiger partial charge in [0.15, 0.2) is 0 Å². The summed E-state index contributed by atoms with van der Waals surface area (Å²) in [5, 5.41) is 5.16. The summed E-state index contributed by atoms with van der Waals surface area (Å²) in [6.07, 6.45) is 1.27. The van der Waals surface area contributed by atoms with E-state index in [1.165, 1.54) is 38.4 Å². The summed E-state index contributed by atoms with van der Waals surface area (Å²) in [7, 11) is -0.800. The van der Waals surface area contributed by atoms with Crippen LogP contribution in [0, 0.1) is 0 Å². The van der Waals surface area contributed by atoms with Gasteiger partial charge in [0.25, 0.3) is 5.91 Å². The highest BCUT2D eigenvalue weighted by molar-refractivity contribution is 7.89. The van der Waals surface area contributed by atoms with Gasteiger partial charge in [-0.3, -0.25) is 19.7 Å². The van der Waals surface area contributed by atoms with E-state index in [0.717, 1.165) is 9.87 Å². The molecule has 0 unspecified atom stereocenters. The summed E-state index contributed by atoms with van der Waals surface area (Å²) in [6.45, 7) is 1.90. The first kappa shape index (κ1) is 22.6. The molecule has 8 nitrogen and oxygen atoms in total. The third-order valence-electron chi connectivity index (χ3n) is 5.64. The Kier molecular flexibility index (Phi) is 6.28. The van der Waals surface area contributed by atoms with Crippen molar-refractivity contribution in [3.8, 4) is 0 Å². The summed E-state index contributed by atoms with van der Waals surface area (Å²) < 4.78 is 25.7. The smallest absolute Gasteiger partial charge is 0.255 e. The van der Waals surface area contributed by atoms with Crippen molar-refractivity contribution in [1.29, 1.82) is 0 Å². The number of benzene rings is 2. The minimum atomic E-state index is -3.65. The average Bonchev–Trinajstić information content (AvgIpc) is 2.75. The van der Waals surface area contributed by atoms with Crippen LogP contribution in [0.4, 0.5) is 5.69 Å². The Morgan fingerprint density at radius 2 is 1.81 bits per heavy atom. The molecule has 2 aromatic rings. The molecule has 31 heavy (non-hydrogen) atoms. The van der Waals surface area contributed by atoms with E-state index in [9.17, 15) is 22.8 Å². The summed E-state index contributed by atoms with van der Waals surface area (Å²) >= 11 is 0. The molecule has 164 valence electrons. The first-order valence-corrected chi connectivity index (χ1v) is 11.3. The maximum atomic E-state index is 12.6. The molecule has 0 aliphatic carbocycles. The van der Waals surface area contributed by atoms with Gasteiger partial charge in [-0.15, -0.1) is 0 Å². The summed E-state index contributed by atoms with van der Waals surface area (Å²) in [5.41, 5.74) is 0.720. The zero-order chi connectivity index (χ0) is 22.8. The molecule has 3 amide bonds. The number of amides is 3. The van der Waals surface area contributed by atoms with Gasteiger partial charge in [0.1, 0.15) is 0 Å². The van der Waals surface area contributed by atoms with Gasteiger partial charge in [-0.05, 0) is 48.7 Å². The number of piperidine rings is 1. The molecular weight excluding hydrogens is 418 g/mol. The molecule has 0 aromatic heterocycles. The molecule has 1 aliphatic heterocycles. The lowest BCUT2D eigenvalue weighted by Gasteiger charge is -2.35. The molecule has 1 saturated heterocycles. The average molecular weight is 444 g/mol. The van der Waals surface area contributed by atoms with Gasteiger partial charge in [0, 0.05) is 31.8 Å². The third-order valence-corrected chi connectivity index (χ3v) is 7.45. The van der Waals surface area contributed by atoms with Crippen molar-refractivity contribution in [3.05, 3.63) is 59.7 Å². The van der Waals surface area contributed by atoms with Crippen molar-refractivity contribution in [2.24, 2.45) is 0 Å². The maximum Gasteiger partial charge on any atom is 0.255 e. The second-order valence-electron chi connectivity index (χ2n) is 7.66. The zero-order valence-electron chi connectivity index (χ0n) is 17.6. The first-order chi connectivity index (χ1) is 14.6. The normalized spacial score (nSPS) is 19.2. The number of rotatable bonds is 6. The number of hydrogen-bond acceptors (Lipinski definition) is 5. The van der Waals surface area contributed by atoms with Crippen LogP contribution in [0.1, 0.15) is 42.1 Å². The quantitative estimate of drug-likeness (QED) is 0.665. The maximum absolute atomic E-state index is 12.6. The molecule has 1 fully saturated rings. The summed E-state index contributed by atoms with van der Waals surface area (Å²) in [4.78, 5) is 36.7. The molecular formula is C22H25N3O5S. The zero-order valence-corrected chi connectivity index (χ0v) is 18.5. The van der Waals surface area contributed by atoms with Gasteiger partial charge in [-0.2, -0.15) is 0 Å². The number of carbonyl (C=O) groups is 3. The van der Waals surface area contributed by atoms with Gasteiger partial charge < -0.3 is 5.32 Å². The molecule has 3 rings (SSSR count). The highest BCUT2D eigenvalue weighted by Crippen LogP contribution is 2.36. The lowest BCUT2D eigenvalue weighted by molar-refractivity contribution is -0.138. The van der Waals surface area contributed by atoms with Gasteiger partial charge in [0.05, 0.1) is 10.3 Å². The fraction of sp³-hybridized carbons (Fsp3) is 0.318. The predicted molar refractivity (Wildman–Crippen MR) is 116 cm³/mol. The van der Waals surface area contributed by atoms with Crippen LogP contribution in [0.15, 0.2) is 53.4 Å². The van der Waals surface area contributed by atoms with Crippen molar-refractivity contribution in [3.63, 3.8) is 0 Å². The summed E-state index contributed by atoms with van der Waals surface area (Å²) in [6, 6.07) is 12.7. The van der Waals surface area contributed by atoms with Gasteiger partial charge >= 0.3 is 0 Å². The fourth-order valence-electron chi connectivity index (χ4n) is 3.65. The minimum Gasteiger partial charge on any atom is -0.322 e. The van der Waals surface area contributed by atoms with Gasteiger partial charge in [-0.25, -0.2) is 12.7 Å². The number of nitrogens with one attached hydrogen (secondary N) is 2. The molecule has 2 N–H and O–H groups in total. The van der Waals surface area contributed by atoms with E-state index in [2.05, 4.69) is 10.6 Å². The number of sulfonamides is 1. The molecule has 0 spiro atoms. The lowest BCUT2D eigenvalue weighted by Crippen LogP contribution is -2.51. The van der Waals surface area contributed by atoms with Crippen molar-refractivity contribution >= 4 is 33.4 Å². The van der Waals surface area contributed by atoms with Crippen LogP contribution in [0.2, 0.25) is 0 Å². The molecule has 1 aliphatic rings. The molecule has 1 heterocycles. The van der Waals surface area contributed by atoms with E-state index in [1.54, 1.807) is 24.3 Å². The van der Waals surface area contributed by atoms with E-state index in [4.69, 9.17) is 0 Å². The van der Waals surface area contributed by atoms with E-state index in [-0.39, 0.29) is 28.7 Å². The minimum absolute atomic E-state index is 0.0308. The molecule has 9 heteroatoms. The lowest BCUT2D eigenvalue weighted by atomic mass is 9.72. The molecule has 1 atom stereocenters. The summed E-state index contributed by atoms with van der Waals surface area (Å²) in [5.74, 6) is -1.02. The van der Waals surface area contributed by atoms with Crippen LogP contribution >= 0.6 is 0 Å². The van der Waals surface area contributed by atoms with Crippen molar-refractivity contribution in [1.82, 2.24) is 9.62 Å². The Labute approximate surface area is 181 Å². The largest absolute Gasteiger partial charge is 0.322 e. The van der Waals surface area contributed by atoms with E-state index in [0.29, 0.717) is 18.5 Å². The Morgan fingerprint density at radius 3 is 2.39 bits per heavy atom. The standard InChI is InChI=1S/C22H25N3O5S/c1-4-22(13-12-19(26)24-21(22)28)16-8-10-17(11-9-16)23-20(27)15-6-5-7-18(14-15)31(29,30)25(2)3/h5-11,14H,4,12-13H2,1-3H3,(H,23,27)(H,24,26,28)/t22-/m1/s1. The number of imide groups is 1. The highest BCUT2D eigenvalue weighted by Gasteiger charge is 2.42. The van der Waals surface area contributed by atoms with Crippen LogP contribution in [0.25, 0.3) is 0 Å². The monoisotopic (exact) mass is 443 g/mol. The molecule has 0 radical (unpaired) electrons. The van der Waals surface area contributed by atoms with Crippen LogP contribution < -0.4 is 10.6 Å². The van der Waals surface area contributed by atoms with Crippen LogP contribution in [-0.2, 0) is 25.0 Å². The Morgan fingerprint density at radius 1 is 1.13 bits per heavy atom. The number of anilines is 1. The number of hydrogen-bond donors (Lipinski definition) is 2. The molecule has 0 bridgehead atoms. The predicted octanol–water partition coefficient (Wildman–Crippen LogP) is 2.27. The van der Waals surface area contributed by atoms with Crippen LogP contribution in [0.5, 0.6) is 0 Å². The van der Waals surface area contributed by atoms with Crippen LogP contribution in [-0.4, -0.2) is 44.5 Å². The van der Waals surface area contributed by atoms with Crippen LogP contribution in [0.3, 0.4) is 0 Å². The third kappa shape index (κ3) is 4.38. The Bertz CT molecular complexity index is 1130. The second kappa shape index (κ2) is 8.60.